The van der Waals surface area contributed by atoms with E-state index < -0.39 is 11.9 Å². The summed E-state index contributed by atoms with van der Waals surface area (Å²) >= 11 is 24.7. The summed E-state index contributed by atoms with van der Waals surface area (Å²) in [5.74, 6) is -1.49. The van der Waals surface area contributed by atoms with Gasteiger partial charge in [0.1, 0.15) is 0 Å². The number of carbonyl (C=O) groups is 3. The number of rotatable bonds is 28. The second-order valence-electron chi connectivity index (χ2n) is 11.2. The standard InChI is InChI=1S/C30H54N2O5S4.2Tc/c33-26(32-28(41)22-20-25(39)16-12-8-4-2-6-10-14-18-30(36)37)23-31-27(40)21-19-24(38)15-11-7-3-1-5-9-13-17-29(34)35;;/h24-25H,1-23H2,(H6,31,32,33,34,35,36,37,38,39,40,41);;/q;2*+1/p-2. The van der Waals surface area contributed by atoms with E-state index in [1.807, 2.05) is 22.7 Å². The van der Waals surface area contributed by atoms with Crippen molar-refractivity contribution in [2.75, 3.05) is 6.54 Å². The van der Waals surface area contributed by atoms with Gasteiger partial charge in [-0.1, -0.05) is 0 Å². The average Bonchev–Trinajstić information content (AvgIpc) is 2.95. The van der Waals surface area contributed by atoms with Gasteiger partial charge in [-0.15, -0.1) is 0 Å². The van der Waals surface area contributed by atoms with Crippen molar-refractivity contribution in [2.45, 2.75) is 152 Å². The molecule has 0 rings (SSSR count). The Balaban J connectivity index is 3.96. The zero-order valence-corrected chi connectivity index (χ0v) is 32.5. The van der Waals surface area contributed by atoms with Crippen LogP contribution in [0.15, 0.2) is 0 Å². The van der Waals surface area contributed by atoms with E-state index in [2.05, 4.69) is 19.1 Å². The molecule has 0 spiro atoms. The first-order chi connectivity index (χ1) is 20.4. The minimum Gasteiger partial charge on any atom is -0.481 e. The third kappa shape index (κ3) is 27.2. The first kappa shape index (κ1) is 43.4. The normalized spacial score (nSPS) is 12.5. The Hall–Kier alpha value is 0.389. The monoisotopic (exact) mass is 842 g/mol. The summed E-state index contributed by atoms with van der Waals surface area (Å²) in [5.41, 5.74) is 0. The van der Waals surface area contributed by atoms with E-state index in [1.165, 1.54) is 19.3 Å². The van der Waals surface area contributed by atoms with Gasteiger partial charge in [-0.3, -0.25) is 9.59 Å². The quantitative estimate of drug-likeness (QED) is 0.0357. The summed E-state index contributed by atoms with van der Waals surface area (Å²) in [7, 11) is 0. The Morgan fingerprint density at radius 1 is 0.558 bits per heavy atom. The number of unbranched alkanes of at least 4 members (excludes halogenated alkanes) is 12. The van der Waals surface area contributed by atoms with Gasteiger partial charge in [-0.25, -0.2) is 0 Å². The van der Waals surface area contributed by atoms with Crippen LogP contribution in [0.25, 0.3) is 0 Å². The van der Waals surface area contributed by atoms with Crippen LogP contribution in [-0.2, 0) is 52.7 Å². The second-order valence-corrected chi connectivity index (χ2v) is 15.4. The molecule has 0 heterocycles. The summed E-state index contributed by atoms with van der Waals surface area (Å²) in [6.07, 6.45) is 20.7. The van der Waals surface area contributed by atoms with Gasteiger partial charge in [0.2, 0.25) is 0 Å². The van der Waals surface area contributed by atoms with Crippen LogP contribution < -0.4 is 0 Å². The van der Waals surface area contributed by atoms with Crippen molar-refractivity contribution < 1.29 is 62.9 Å². The van der Waals surface area contributed by atoms with E-state index in [0.717, 1.165) is 108 Å². The number of hydrogen-bond acceptors (Lipinski definition) is 7. The van der Waals surface area contributed by atoms with Crippen molar-refractivity contribution in [1.29, 1.82) is 0 Å². The van der Waals surface area contributed by atoms with Gasteiger partial charge in [-0.2, -0.15) is 0 Å². The summed E-state index contributed by atoms with van der Waals surface area (Å²) in [5, 5.41) is 17.9. The molecule has 7 nitrogen and oxygen atoms in total. The van der Waals surface area contributed by atoms with E-state index in [-0.39, 0.29) is 35.8 Å². The second kappa shape index (κ2) is 28.6. The van der Waals surface area contributed by atoms with Crippen molar-refractivity contribution in [3.8, 4) is 0 Å². The number of amides is 1. The number of thiol groups is 2. The fourth-order valence-corrected chi connectivity index (χ4v) is 6.40. The third-order valence-corrected chi connectivity index (χ3v) is 11.4. The van der Waals surface area contributed by atoms with Crippen LogP contribution in [0.1, 0.15) is 141 Å². The zero-order valence-electron chi connectivity index (χ0n) is 25.4. The molecule has 1 amide bonds. The Kier molecular flexibility index (Phi) is 28.9. The molecule has 0 aromatic carbocycles. The van der Waals surface area contributed by atoms with Crippen LogP contribution in [0.2, 0.25) is 0 Å². The van der Waals surface area contributed by atoms with Crippen LogP contribution in [0.4, 0.5) is 0 Å². The Morgan fingerprint density at radius 2 is 0.907 bits per heavy atom. The number of carboxylic acid groups (broad SMARTS) is 2. The van der Waals surface area contributed by atoms with Crippen LogP contribution in [0.3, 0.4) is 0 Å². The van der Waals surface area contributed by atoms with Gasteiger partial charge < -0.3 is 10.2 Å². The Labute approximate surface area is 303 Å². The van der Waals surface area contributed by atoms with Gasteiger partial charge in [0.05, 0.1) is 0 Å². The minimum absolute atomic E-state index is 0.0770. The Bertz CT molecular complexity index is 825. The molecular formula is C30H52N2O5S4Tc2. The van der Waals surface area contributed by atoms with Crippen molar-refractivity contribution in [1.82, 2.24) is 7.14 Å². The van der Waals surface area contributed by atoms with Gasteiger partial charge in [0.15, 0.2) is 0 Å². The van der Waals surface area contributed by atoms with Crippen LogP contribution in [0.5, 0.6) is 0 Å². The number of carbonyl (C=O) groups excluding carboxylic acids is 1. The van der Waals surface area contributed by atoms with Crippen molar-refractivity contribution in [2.24, 2.45) is 0 Å². The summed E-state index contributed by atoms with van der Waals surface area (Å²) in [6.45, 7) is 0.187. The maximum absolute atomic E-state index is 12.8. The summed E-state index contributed by atoms with van der Waals surface area (Å²) < 4.78 is 3.35. The Morgan fingerprint density at radius 3 is 1.30 bits per heavy atom. The average molecular weight is 845 g/mol. The molecule has 0 aromatic rings. The topological polar surface area (TPSA) is 98.2 Å². The third-order valence-electron chi connectivity index (χ3n) is 7.22. The molecule has 0 fully saturated rings. The first-order valence-electron chi connectivity index (χ1n) is 15.7. The zero-order chi connectivity index (χ0) is 32.5. The number of carboxylic acids is 2. The van der Waals surface area contributed by atoms with E-state index in [9.17, 15) is 14.4 Å². The first-order valence-corrected chi connectivity index (χ1v) is 19.2. The fourth-order valence-electron chi connectivity index (χ4n) is 4.58. The SMILES string of the molecule is O=C(O)CCCCCCCCCC(S)CCC(=S)[N]([Tc])CC(=O)[N]([Tc])C(=S)CCC(S)CCCCCCCCCC(=O)O. The molecule has 250 valence electrons. The fraction of sp³-hybridized carbons (Fsp3) is 0.833. The molecule has 0 radical (unpaired) electrons. The van der Waals surface area contributed by atoms with Crippen LogP contribution >= 0.6 is 49.7 Å². The number of nitrogens with zero attached hydrogens (tertiary/aromatic N) is 2. The molecule has 2 atom stereocenters. The maximum atomic E-state index is 12.8. The van der Waals surface area contributed by atoms with Crippen molar-refractivity contribution in [3.05, 3.63) is 0 Å². The minimum atomic E-state index is -0.710. The molecule has 2 N–H and O–H groups in total. The molecule has 43 heavy (non-hydrogen) atoms. The molecule has 0 aliphatic heterocycles. The molecule has 0 aliphatic rings. The van der Waals surface area contributed by atoms with Gasteiger partial charge in [0, 0.05) is 12.8 Å². The molecule has 0 aliphatic carbocycles. The van der Waals surface area contributed by atoms with Crippen LogP contribution in [-0.4, -0.2) is 62.2 Å². The van der Waals surface area contributed by atoms with Crippen molar-refractivity contribution in [3.63, 3.8) is 0 Å². The summed E-state index contributed by atoms with van der Waals surface area (Å²) in [6, 6.07) is 0. The number of aliphatic carboxylic acids is 2. The van der Waals surface area contributed by atoms with E-state index in [1.54, 1.807) is 3.57 Å². The molecule has 0 aromatic heterocycles. The van der Waals surface area contributed by atoms with Gasteiger partial charge in [0.25, 0.3) is 0 Å². The van der Waals surface area contributed by atoms with E-state index in [0.29, 0.717) is 11.4 Å². The van der Waals surface area contributed by atoms with Crippen LogP contribution in [0, 0.1) is 0 Å². The number of hydrogen-bond donors (Lipinski definition) is 4. The predicted molar refractivity (Wildman–Crippen MR) is 181 cm³/mol. The smallest absolute Gasteiger partial charge is 0.481 e. The molecule has 0 saturated carbocycles. The number of thiocarbonyl (C=S) groups is 2. The van der Waals surface area contributed by atoms with Gasteiger partial charge in [-0.05, 0) is 12.8 Å². The molecule has 0 bridgehead atoms. The molecule has 0 saturated heterocycles. The van der Waals surface area contributed by atoms with Gasteiger partial charge >= 0.3 is 260 Å². The molecule has 2 unspecified atom stereocenters. The summed E-state index contributed by atoms with van der Waals surface area (Å²) in [4.78, 5) is 35.2. The van der Waals surface area contributed by atoms with E-state index in [4.69, 9.17) is 59.9 Å². The van der Waals surface area contributed by atoms with E-state index >= 15 is 0 Å². The van der Waals surface area contributed by atoms with Crippen molar-refractivity contribution >= 4 is 77.5 Å². The molecule has 13 heteroatoms. The molecular weight excluding hydrogens is 793 g/mol. The predicted octanol–water partition coefficient (Wildman–Crippen LogP) is 8.04.